The van der Waals surface area contributed by atoms with E-state index in [4.69, 9.17) is 27.9 Å². The predicted molar refractivity (Wildman–Crippen MR) is 97.8 cm³/mol. The largest absolute Gasteiger partial charge is 0.482 e. The van der Waals surface area contributed by atoms with Gasteiger partial charge in [-0.2, -0.15) is 0 Å². The van der Waals surface area contributed by atoms with Crippen LogP contribution in [-0.4, -0.2) is 30.9 Å². The van der Waals surface area contributed by atoms with E-state index in [9.17, 15) is 14.4 Å². The lowest BCUT2D eigenvalue weighted by molar-refractivity contribution is -0.131. The van der Waals surface area contributed by atoms with E-state index in [1.54, 1.807) is 6.07 Å². The summed E-state index contributed by atoms with van der Waals surface area (Å²) in [6, 6.07) is 4.61. The topological polar surface area (TPSA) is 96.5 Å². The first-order chi connectivity index (χ1) is 12.5. The summed E-state index contributed by atoms with van der Waals surface area (Å²) in [5.41, 5.74) is 4.42. The Labute approximate surface area is 161 Å². The molecule has 0 aromatic heterocycles. The minimum absolute atomic E-state index is 0.0244. The summed E-state index contributed by atoms with van der Waals surface area (Å²) in [6.07, 6.45) is 4.94. The molecule has 1 fully saturated rings. The molecule has 0 atom stereocenters. The molecular formula is C17H21Cl2N3O4. The van der Waals surface area contributed by atoms with Crippen molar-refractivity contribution in [2.24, 2.45) is 5.92 Å². The van der Waals surface area contributed by atoms with Crippen molar-refractivity contribution in [1.29, 1.82) is 0 Å². The molecule has 3 N–H and O–H groups in total. The first kappa shape index (κ1) is 20.3. The highest BCUT2D eigenvalue weighted by molar-refractivity contribution is 6.35. The number of amides is 3. The molecule has 1 saturated carbocycles. The van der Waals surface area contributed by atoms with Gasteiger partial charge in [-0.05, 0) is 31.0 Å². The van der Waals surface area contributed by atoms with Gasteiger partial charge in [0.1, 0.15) is 5.75 Å². The standard InChI is InChI=1S/C17H21Cl2N3O4/c18-12-6-7-14(13(19)8-12)26-10-16(24)22-21-15(23)9-20-17(25)11-4-2-1-3-5-11/h6-8,11H,1-5,9-10H2,(H,20,25)(H,21,23)(H,22,24). The van der Waals surface area contributed by atoms with Crippen molar-refractivity contribution in [3.05, 3.63) is 28.2 Å². The second kappa shape index (κ2) is 10.2. The van der Waals surface area contributed by atoms with Gasteiger partial charge in [0.15, 0.2) is 6.61 Å². The number of rotatable bonds is 6. The van der Waals surface area contributed by atoms with Crippen molar-refractivity contribution in [2.75, 3.05) is 13.2 Å². The monoisotopic (exact) mass is 401 g/mol. The highest BCUT2D eigenvalue weighted by Gasteiger charge is 2.21. The fourth-order valence-corrected chi connectivity index (χ4v) is 3.09. The fourth-order valence-electron chi connectivity index (χ4n) is 2.63. The van der Waals surface area contributed by atoms with Crippen molar-refractivity contribution in [2.45, 2.75) is 32.1 Å². The third-order valence-corrected chi connectivity index (χ3v) is 4.52. The third kappa shape index (κ3) is 6.72. The molecule has 1 aliphatic carbocycles. The zero-order chi connectivity index (χ0) is 18.9. The summed E-state index contributed by atoms with van der Waals surface area (Å²) < 4.78 is 5.24. The van der Waals surface area contributed by atoms with E-state index in [0.717, 1.165) is 32.1 Å². The quantitative estimate of drug-likeness (QED) is 0.636. The Morgan fingerprint density at radius 3 is 2.42 bits per heavy atom. The number of nitrogens with one attached hydrogen (secondary N) is 3. The van der Waals surface area contributed by atoms with Crippen LogP contribution >= 0.6 is 23.2 Å². The maximum atomic E-state index is 11.9. The Morgan fingerprint density at radius 1 is 1.04 bits per heavy atom. The Hall–Kier alpha value is -1.99. The smallest absolute Gasteiger partial charge is 0.276 e. The number of benzene rings is 1. The Kier molecular flexibility index (Phi) is 8.00. The summed E-state index contributed by atoms with van der Waals surface area (Å²) in [4.78, 5) is 35.3. The molecule has 1 aliphatic rings. The van der Waals surface area contributed by atoms with Gasteiger partial charge in [-0.1, -0.05) is 42.5 Å². The van der Waals surface area contributed by atoms with Gasteiger partial charge in [-0.3, -0.25) is 25.2 Å². The van der Waals surface area contributed by atoms with Crippen LogP contribution in [0, 0.1) is 5.92 Å². The van der Waals surface area contributed by atoms with Crippen molar-refractivity contribution in [3.63, 3.8) is 0 Å². The Balaban J connectivity index is 1.63. The number of ether oxygens (including phenoxy) is 1. The van der Waals surface area contributed by atoms with Gasteiger partial charge in [0.2, 0.25) is 5.91 Å². The van der Waals surface area contributed by atoms with Crippen LogP contribution in [0.2, 0.25) is 10.0 Å². The second-order valence-electron chi connectivity index (χ2n) is 6.01. The Bertz CT molecular complexity index is 663. The molecule has 0 bridgehead atoms. The van der Waals surface area contributed by atoms with Gasteiger partial charge in [0.25, 0.3) is 11.8 Å². The molecule has 0 heterocycles. The van der Waals surface area contributed by atoms with E-state index in [1.807, 2.05) is 0 Å². The normalized spacial score (nSPS) is 14.4. The van der Waals surface area contributed by atoms with E-state index in [2.05, 4.69) is 16.2 Å². The van der Waals surface area contributed by atoms with Crippen LogP contribution < -0.4 is 20.9 Å². The lowest BCUT2D eigenvalue weighted by atomic mass is 9.89. The maximum absolute atomic E-state index is 11.9. The molecular weight excluding hydrogens is 381 g/mol. The molecule has 1 aromatic rings. The third-order valence-electron chi connectivity index (χ3n) is 3.99. The van der Waals surface area contributed by atoms with Gasteiger partial charge in [-0.15, -0.1) is 0 Å². The van der Waals surface area contributed by atoms with E-state index >= 15 is 0 Å². The molecule has 142 valence electrons. The number of hydrogen-bond donors (Lipinski definition) is 3. The summed E-state index contributed by atoms with van der Waals surface area (Å²) in [5, 5.41) is 3.31. The maximum Gasteiger partial charge on any atom is 0.276 e. The van der Waals surface area contributed by atoms with Gasteiger partial charge in [0, 0.05) is 10.9 Å². The molecule has 0 saturated heterocycles. The molecule has 1 aromatic carbocycles. The average molecular weight is 402 g/mol. The van der Waals surface area contributed by atoms with E-state index in [1.165, 1.54) is 12.1 Å². The summed E-state index contributed by atoms with van der Waals surface area (Å²) in [5.74, 6) is -0.928. The summed E-state index contributed by atoms with van der Waals surface area (Å²) >= 11 is 11.7. The van der Waals surface area contributed by atoms with Crippen LogP contribution in [0.25, 0.3) is 0 Å². The molecule has 7 nitrogen and oxygen atoms in total. The van der Waals surface area contributed by atoms with Crippen LogP contribution in [0.1, 0.15) is 32.1 Å². The molecule has 2 rings (SSSR count). The molecule has 26 heavy (non-hydrogen) atoms. The highest BCUT2D eigenvalue weighted by Crippen LogP contribution is 2.27. The number of carbonyl (C=O) groups is 3. The number of halogens is 2. The molecule has 0 aliphatic heterocycles. The van der Waals surface area contributed by atoms with Crippen molar-refractivity contribution in [1.82, 2.24) is 16.2 Å². The van der Waals surface area contributed by atoms with Gasteiger partial charge < -0.3 is 10.1 Å². The van der Waals surface area contributed by atoms with Gasteiger partial charge >= 0.3 is 0 Å². The number of hydrogen-bond acceptors (Lipinski definition) is 4. The molecule has 3 amide bonds. The molecule has 0 spiro atoms. The first-order valence-electron chi connectivity index (χ1n) is 8.39. The lowest BCUT2D eigenvalue weighted by Crippen LogP contribution is -2.48. The van der Waals surface area contributed by atoms with Crippen LogP contribution in [0.3, 0.4) is 0 Å². The minimum atomic E-state index is -0.567. The van der Waals surface area contributed by atoms with Crippen LogP contribution in [-0.2, 0) is 14.4 Å². The predicted octanol–water partition coefficient (Wildman–Crippen LogP) is 2.22. The average Bonchev–Trinajstić information content (AvgIpc) is 2.64. The molecule has 0 unspecified atom stereocenters. The van der Waals surface area contributed by atoms with E-state index in [-0.39, 0.29) is 30.0 Å². The van der Waals surface area contributed by atoms with Crippen molar-refractivity contribution < 1.29 is 19.1 Å². The number of hydrazine groups is 1. The number of carbonyl (C=O) groups excluding carboxylic acids is 3. The lowest BCUT2D eigenvalue weighted by Gasteiger charge is -2.20. The van der Waals surface area contributed by atoms with Gasteiger partial charge in [0.05, 0.1) is 11.6 Å². The molecule has 9 heteroatoms. The van der Waals surface area contributed by atoms with E-state index < -0.39 is 11.8 Å². The zero-order valence-electron chi connectivity index (χ0n) is 14.1. The van der Waals surface area contributed by atoms with E-state index in [0.29, 0.717) is 10.8 Å². The summed E-state index contributed by atoms with van der Waals surface area (Å²) in [7, 11) is 0. The van der Waals surface area contributed by atoms with Crippen molar-refractivity contribution in [3.8, 4) is 5.75 Å². The first-order valence-corrected chi connectivity index (χ1v) is 9.14. The second-order valence-corrected chi connectivity index (χ2v) is 6.86. The SMILES string of the molecule is O=C(CNC(=O)C1CCCCC1)NNC(=O)COc1ccc(Cl)cc1Cl. The fraction of sp³-hybridized carbons (Fsp3) is 0.471. The highest BCUT2D eigenvalue weighted by atomic mass is 35.5. The van der Waals surface area contributed by atoms with Gasteiger partial charge in [-0.25, -0.2) is 0 Å². The van der Waals surface area contributed by atoms with Crippen LogP contribution in [0.5, 0.6) is 5.75 Å². The Morgan fingerprint density at radius 2 is 1.73 bits per heavy atom. The minimum Gasteiger partial charge on any atom is -0.482 e. The molecule has 0 radical (unpaired) electrons. The zero-order valence-corrected chi connectivity index (χ0v) is 15.7. The van der Waals surface area contributed by atoms with Crippen LogP contribution in [0.4, 0.5) is 0 Å². The van der Waals surface area contributed by atoms with Crippen molar-refractivity contribution >= 4 is 40.9 Å². The summed E-state index contributed by atoms with van der Waals surface area (Å²) in [6.45, 7) is -0.532. The van der Waals surface area contributed by atoms with Crippen LogP contribution in [0.15, 0.2) is 18.2 Å².